The quantitative estimate of drug-likeness (QED) is 0.681. The predicted octanol–water partition coefficient (Wildman–Crippen LogP) is 3.53. The van der Waals surface area contributed by atoms with Crippen molar-refractivity contribution in [1.29, 1.82) is 0 Å². The number of likely N-dealkylation sites (N-methyl/N-ethyl adjacent to an activating group) is 2. The number of fused-ring (bicyclic) bond motifs is 1. The van der Waals surface area contributed by atoms with Crippen molar-refractivity contribution < 1.29 is 14.3 Å². The van der Waals surface area contributed by atoms with E-state index < -0.39 is 0 Å². The molecule has 0 radical (unpaired) electrons. The standard InChI is InChI=1S/C21H26N2O3S/c1-4-23-14-17(26-20-8-6-5-7-19(20)23)13-22(2)21(24)15-27-18-11-9-16(25-3)10-12-18/h5-12,17H,4,13-15H2,1-3H3/t17-/m1/s1. The van der Waals surface area contributed by atoms with E-state index in [1.54, 1.807) is 12.0 Å². The lowest BCUT2D eigenvalue weighted by Crippen LogP contribution is -2.47. The molecule has 3 rings (SSSR count). The molecule has 27 heavy (non-hydrogen) atoms. The molecule has 2 aromatic carbocycles. The molecule has 1 aliphatic heterocycles. The van der Waals surface area contributed by atoms with E-state index in [1.165, 1.54) is 11.8 Å². The Balaban J connectivity index is 1.53. The largest absolute Gasteiger partial charge is 0.497 e. The van der Waals surface area contributed by atoms with Gasteiger partial charge in [-0.2, -0.15) is 0 Å². The molecule has 1 aliphatic rings. The molecule has 6 heteroatoms. The van der Waals surface area contributed by atoms with Gasteiger partial charge in [-0.25, -0.2) is 0 Å². The van der Waals surface area contributed by atoms with E-state index in [-0.39, 0.29) is 12.0 Å². The predicted molar refractivity (Wildman–Crippen MR) is 110 cm³/mol. The summed E-state index contributed by atoms with van der Waals surface area (Å²) < 4.78 is 11.3. The smallest absolute Gasteiger partial charge is 0.232 e. The van der Waals surface area contributed by atoms with Gasteiger partial charge < -0.3 is 19.3 Å². The summed E-state index contributed by atoms with van der Waals surface area (Å²) in [5, 5.41) is 0. The highest BCUT2D eigenvalue weighted by Crippen LogP contribution is 2.33. The zero-order valence-electron chi connectivity index (χ0n) is 16.1. The van der Waals surface area contributed by atoms with Gasteiger partial charge in [-0.3, -0.25) is 4.79 Å². The highest BCUT2D eigenvalue weighted by Gasteiger charge is 2.26. The van der Waals surface area contributed by atoms with Crippen LogP contribution in [-0.2, 0) is 4.79 Å². The summed E-state index contributed by atoms with van der Waals surface area (Å²) in [7, 11) is 3.49. The Labute approximate surface area is 165 Å². The van der Waals surface area contributed by atoms with Gasteiger partial charge in [0.1, 0.15) is 17.6 Å². The van der Waals surface area contributed by atoms with Gasteiger partial charge in [0, 0.05) is 18.5 Å². The number of ether oxygens (including phenoxy) is 2. The van der Waals surface area contributed by atoms with Crippen molar-refractivity contribution in [2.24, 2.45) is 0 Å². The number of anilines is 1. The van der Waals surface area contributed by atoms with Crippen molar-refractivity contribution in [3.8, 4) is 11.5 Å². The summed E-state index contributed by atoms with van der Waals surface area (Å²) in [6, 6.07) is 15.8. The number of rotatable bonds is 7. The number of amides is 1. The molecule has 0 fully saturated rings. The molecule has 1 amide bonds. The molecule has 5 nitrogen and oxygen atoms in total. The number of thioether (sulfide) groups is 1. The Morgan fingerprint density at radius 3 is 2.70 bits per heavy atom. The monoisotopic (exact) mass is 386 g/mol. The molecule has 0 saturated carbocycles. The number of benzene rings is 2. The van der Waals surface area contributed by atoms with Crippen LogP contribution in [0, 0.1) is 0 Å². The summed E-state index contributed by atoms with van der Waals surface area (Å²) in [5.41, 5.74) is 1.13. The van der Waals surface area contributed by atoms with Gasteiger partial charge in [0.15, 0.2) is 0 Å². The second kappa shape index (κ2) is 9.04. The Kier molecular flexibility index (Phi) is 6.50. The normalized spacial score (nSPS) is 15.7. The summed E-state index contributed by atoms with van der Waals surface area (Å²) in [6.07, 6.45) is -0.0280. The first-order chi connectivity index (χ1) is 13.1. The number of hydrogen-bond donors (Lipinski definition) is 0. The first kappa shape index (κ1) is 19.4. The molecule has 0 unspecified atom stereocenters. The van der Waals surface area contributed by atoms with E-state index in [9.17, 15) is 4.79 Å². The molecule has 0 N–H and O–H groups in total. The van der Waals surface area contributed by atoms with Crippen molar-refractivity contribution >= 4 is 23.4 Å². The molecule has 144 valence electrons. The van der Waals surface area contributed by atoms with E-state index in [0.29, 0.717) is 12.3 Å². The lowest BCUT2D eigenvalue weighted by molar-refractivity contribution is -0.128. The average Bonchev–Trinajstić information content (AvgIpc) is 2.71. The fraction of sp³-hybridized carbons (Fsp3) is 0.381. The Hall–Kier alpha value is -2.34. The van der Waals surface area contributed by atoms with Crippen LogP contribution < -0.4 is 14.4 Å². The maximum Gasteiger partial charge on any atom is 0.232 e. The molecule has 0 saturated heterocycles. The van der Waals surface area contributed by atoms with Crippen LogP contribution in [0.2, 0.25) is 0 Å². The van der Waals surface area contributed by atoms with E-state index in [4.69, 9.17) is 9.47 Å². The zero-order chi connectivity index (χ0) is 19.2. The third-order valence-electron chi connectivity index (χ3n) is 4.63. The SMILES string of the molecule is CCN1C[C@@H](CN(C)C(=O)CSc2ccc(OC)cc2)Oc2ccccc21. The molecule has 0 aromatic heterocycles. The minimum atomic E-state index is -0.0280. The second-order valence-corrected chi connectivity index (χ2v) is 7.53. The Morgan fingerprint density at radius 2 is 2.00 bits per heavy atom. The third-order valence-corrected chi connectivity index (χ3v) is 5.63. The van der Waals surface area contributed by atoms with Crippen LogP contribution in [0.5, 0.6) is 11.5 Å². The van der Waals surface area contributed by atoms with Crippen LogP contribution in [-0.4, -0.2) is 56.5 Å². The minimum absolute atomic E-state index is 0.0280. The van der Waals surface area contributed by atoms with Crippen molar-refractivity contribution in [1.82, 2.24) is 4.90 Å². The van der Waals surface area contributed by atoms with Crippen LogP contribution in [0.15, 0.2) is 53.4 Å². The summed E-state index contributed by atoms with van der Waals surface area (Å²) in [4.78, 5) is 17.6. The van der Waals surface area contributed by atoms with Gasteiger partial charge in [-0.15, -0.1) is 11.8 Å². The highest BCUT2D eigenvalue weighted by atomic mass is 32.2. The second-order valence-electron chi connectivity index (χ2n) is 6.48. The summed E-state index contributed by atoms with van der Waals surface area (Å²) in [5.74, 6) is 2.22. The van der Waals surface area contributed by atoms with Crippen molar-refractivity contribution in [3.05, 3.63) is 48.5 Å². The minimum Gasteiger partial charge on any atom is -0.497 e. The van der Waals surface area contributed by atoms with E-state index in [0.717, 1.165) is 35.2 Å². The van der Waals surface area contributed by atoms with E-state index >= 15 is 0 Å². The lowest BCUT2D eigenvalue weighted by atomic mass is 10.2. The summed E-state index contributed by atoms with van der Waals surface area (Å²) >= 11 is 1.53. The van der Waals surface area contributed by atoms with Crippen LogP contribution >= 0.6 is 11.8 Å². The molecule has 1 atom stereocenters. The number of hydrogen-bond acceptors (Lipinski definition) is 5. The maximum atomic E-state index is 12.5. The molecular formula is C21H26N2O3S. The lowest BCUT2D eigenvalue weighted by Gasteiger charge is -2.37. The van der Waals surface area contributed by atoms with E-state index in [1.807, 2.05) is 49.5 Å². The number of carbonyl (C=O) groups excluding carboxylic acids is 1. The molecular weight excluding hydrogens is 360 g/mol. The number of methoxy groups -OCH3 is 1. The average molecular weight is 387 g/mol. The van der Waals surface area contributed by atoms with Gasteiger partial charge in [-0.05, 0) is 43.3 Å². The van der Waals surface area contributed by atoms with E-state index in [2.05, 4.69) is 17.9 Å². The van der Waals surface area contributed by atoms with Crippen LogP contribution in [0.4, 0.5) is 5.69 Å². The zero-order valence-corrected chi connectivity index (χ0v) is 16.9. The van der Waals surface area contributed by atoms with Crippen LogP contribution in [0.3, 0.4) is 0 Å². The van der Waals surface area contributed by atoms with Gasteiger partial charge in [0.25, 0.3) is 0 Å². The Morgan fingerprint density at radius 1 is 1.26 bits per heavy atom. The van der Waals surface area contributed by atoms with Crippen LogP contribution in [0.25, 0.3) is 0 Å². The highest BCUT2D eigenvalue weighted by molar-refractivity contribution is 8.00. The molecule has 1 heterocycles. The number of carbonyl (C=O) groups is 1. The fourth-order valence-corrected chi connectivity index (χ4v) is 3.95. The molecule has 2 aromatic rings. The van der Waals surface area contributed by atoms with Crippen molar-refractivity contribution in [2.75, 3.05) is 44.4 Å². The van der Waals surface area contributed by atoms with Gasteiger partial charge in [0.2, 0.25) is 5.91 Å². The number of para-hydroxylation sites is 2. The first-order valence-electron chi connectivity index (χ1n) is 9.12. The van der Waals surface area contributed by atoms with Gasteiger partial charge >= 0.3 is 0 Å². The van der Waals surface area contributed by atoms with Gasteiger partial charge in [0.05, 0.1) is 31.6 Å². The maximum absolute atomic E-state index is 12.5. The topological polar surface area (TPSA) is 42.0 Å². The molecule has 0 aliphatic carbocycles. The van der Waals surface area contributed by atoms with Crippen LogP contribution in [0.1, 0.15) is 6.92 Å². The first-order valence-corrected chi connectivity index (χ1v) is 10.1. The molecule has 0 spiro atoms. The molecule has 0 bridgehead atoms. The summed E-state index contributed by atoms with van der Waals surface area (Å²) in [6.45, 7) is 4.42. The Bertz CT molecular complexity index is 766. The van der Waals surface area contributed by atoms with Gasteiger partial charge in [-0.1, -0.05) is 12.1 Å². The number of nitrogens with zero attached hydrogens (tertiary/aromatic N) is 2. The third kappa shape index (κ3) is 4.89. The van der Waals surface area contributed by atoms with Crippen molar-refractivity contribution in [3.63, 3.8) is 0 Å². The fourth-order valence-electron chi connectivity index (χ4n) is 3.11. The van der Waals surface area contributed by atoms with Crippen molar-refractivity contribution in [2.45, 2.75) is 17.9 Å².